The molecule has 0 heterocycles. The van der Waals surface area contributed by atoms with Crippen LogP contribution in [0.2, 0.25) is 0 Å². The number of amides is 2. The summed E-state index contributed by atoms with van der Waals surface area (Å²) >= 11 is 0. The third kappa shape index (κ3) is 5.37. The van der Waals surface area contributed by atoms with Crippen molar-refractivity contribution in [3.63, 3.8) is 0 Å². The minimum absolute atomic E-state index is 0.202. The molecule has 3 N–H and O–H groups in total. The smallest absolute Gasteiger partial charge is 0.417 e. The molecule has 6 nitrogen and oxygen atoms in total. The number of ether oxygens (including phenoxy) is 1. The summed E-state index contributed by atoms with van der Waals surface area (Å²) in [6.45, 7) is 1.68. The van der Waals surface area contributed by atoms with Crippen LogP contribution >= 0.6 is 0 Å². The van der Waals surface area contributed by atoms with Crippen LogP contribution in [0, 0.1) is 5.82 Å². The van der Waals surface area contributed by atoms with E-state index in [1.807, 2.05) is 5.43 Å². The summed E-state index contributed by atoms with van der Waals surface area (Å²) in [5.41, 5.74) is 0.312. The molecule has 0 unspecified atom stereocenters. The number of benzene rings is 1. The summed E-state index contributed by atoms with van der Waals surface area (Å²) in [4.78, 5) is 23.0. The second-order valence-electron chi connectivity index (χ2n) is 5.18. The van der Waals surface area contributed by atoms with Crippen LogP contribution in [0.1, 0.15) is 20.3 Å². The van der Waals surface area contributed by atoms with Gasteiger partial charge in [-0.3, -0.25) is 20.4 Å². The Morgan fingerprint density at radius 2 is 1.83 bits per heavy atom. The fourth-order valence-corrected chi connectivity index (χ4v) is 1.47. The van der Waals surface area contributed by atoms with Gasteiger partial charge < -0.3 is 9.84 Å². The summed E-state index contributed by atoms with van der Waals surface area (Å²) in [6.07, 6.45) is -7.54. The first-order valence-electron chi connectivity index (χ1n) is 6.73. The van der Waals surface area contributed by atoms with Crippen LogP contribution in [-0.4, -0.2) is 34.8 Å². The number of hydrogen-bond acceptors (Lipinski definition) is 4. The molecule has 0 bridgehead atoms. The number of nitrogens with one attached hydrogen (secondary N) is 2. The maximum absolute atomic E-state index is 13.4. The van der Waals surface area contributed by atoms with Crippen LogP contribution in [0.15, 0.2) is 24.3 Å². The first-order valence-corrected chi connectivity index (χ1v) is 6.73. The molecule has 0 fully saturated rings. The summed E-state index contributed by atoms with van der Waals surface area (Å²) in [5, 5.41) is 9.16. The molecule has 0 spiro atoms. The second kappa shape index (κ2) is 7.47. The molecule has 0 aromatic heterocycles. The summed E-state index contributed by atoms with van der Waals surface area (Å²) in [5.74, 6) is -3.09. The van der Waals surface area contributed by atoms with Gasteiger partial charge in [0.25, 0.3) is 5.91 Å². The standard InChI is InChI=1S/C14H16F4N2O4/c1-8(24-10-6-4-3-5-9(10)15)12(22)20-19-11(21)7-13(2,23)14(16,17)18/h3-6,8,23H,7H2,1-2H3,(H,19,21)(H,20,22)/t8-,13+/m0/s1. The number of alkyl halides is 3. The quantitative estimate of drug-likeness (QED) is 0.553. The van der Waals surface area contributed by atoms with E-state index >= 15 is 0 Å². The average molecular weight is 352 g/mol. The molecule has 0 aliphatic heterocycles. The van der Waals surface area contributed by atoms with E-state index in [-0.39, 0.29) is 5.75 Å². The Morgan fingerprint density at radius 1 is 1.25 bits per heavy atom. The Hall–Kier alpha value is -2.36. The van der Waals surface area contributed by atoms with Gasteiger partial charge >= 0.3 is 6.18 Å². The highest BCUT2D eigenvalue weighted by atomic mass is 19.4. The SMILES string of the molecule is C[C@H](Oc1ccccc1F)C(=O)NNC(=O)C[C@@](C)(O)C(F)(F)F. The van der Waals surface area contributed by atoms with Crippen LogP contribution in [0.5, 0.6) is 5.75 Å². The van der Waals surface area contributed by atoms with Crippen molar-refractivity contribution in [2.24, 2.45) is 0 Å². The average Bonchev–Trinajstić information content (AvgIpc) is 2.45. The van der Waals surface area contributed by atoms with Gasteiger partial charge in [0, 0.05) is 0 Å². The van der Waals surface area contributed by atoms with E-state index in [2.05, 4.69) is 0 Å². The number of para-hydroxylation sites is 1. The van der Waals surface area contributed by atoms with Gasteiger partial charge in [0.05, 0.1) is 6.42 Å². The van der Waals surface area contributed by atoms with Gasteiger partial charge in [-0.15, -0.1) is 0 Å². The molecular formula is C14H16F4N2O4. The number of hydrazine groups is 1. The van der Waals surface area contributed by atoms with Gasteiger partial charge in [0.15, 0.2) is 23.3 Å². The minimum atomic E-state index is -5.00. The van der Waals surface area contributed by atoms with Gasteiger partial charge in [-0.05, 0) is 26.0 Å². The lowest BCUT2D eigenvalue weighted by Crippen LogP contribution is -2.51. The third-order valence-corrected chi connectivity index (χ3v) is 2.95. The molecule has 134 valence electrons. The Balaban J connectivity index is 2.51. The molecule has 24 heavy (non-hydrogen) atoms. The van der Waals surface area contributed by atoms with Crippen molar-refractivity contribution in [3.8, 4) is 5.75 Å². The van der Waals surface area contributed by atoms with Crippen molar-refractivity contribution in [3.05, 3.63) is 30.1 Å². The number of halogens is 4. The molecule has 0 saturated heterocycles. The third-order valence-electron chi connectivity index (χ3n) is 2.95. The molecule has 0 radical (unpaired) electrons. The van der Waals surface area contributed by atoms with E-state index in [0.29, 0.717) is 6.92 Å². The van der Waals surface area contributed by atoms with Crippen molar-refractivity contribution in [1.82, 2.24) is 10.9 Å². The van der Waals surface area contributed by atoms with E-state index < -0.39 is 41.9 Å². The number of rotatable bonds is 5. The fourth-order valence-electron chi connectivity index (χ4n) is 1.47. The lowest BCUT2D eigenvalue weighted by atomic mass is 10.0. The second-order valence-corrected chi connectivity index (χ2v) is 5.18. The topological polar surface area (TPSA) is 87.7 Å². The Morgan fingerprint density at radius 3 is 2.38 bits per heavy atom. The van der Waals surface area contributed by atoms with Crippen molar-refractivity contribution in [2.45, 2.75) is 38.1 Å². The Kier molecular flexibility index (Phi) is 6.13. The molecule has 2 amide bonds. The molecule has 1 aromatic rings. The zero-order valence-corrected chi connectivity index (χ0v) is 12.8. The summed E-state index contributed by atoms with van der Waals surface area (Å²) in [7, 11) is 0. The predicted molar refractivity (Wildman–Crippen MR) is 74.1 cm³/mol. The monoisotopic (exact) mass is 352 g/mol. The van der Waals surface area contributed by atoms with E-state index in [0.717, 1.165) is 6.07 Å². The van der Waals surface area contributed by atoms with Crippen LogP contribution in [-0.2, 0) is 9.59 Å². The van der Waals surface area contributed by atoms with Gasteiger partial charge in [0.1, 0.15) is 0 Å². The van der Waals surface area contributed by atoms with E-state index in [9.17, 15) is 27.2 Å². The molecule has 0 aliphatic rings. The maximum atomic E-state index is 13.4. The molecule has 1 rings (SSSR count). The lowest BCUT2D eigenvalue weighted by molar-refractivity contribution is -0.253. The minimum Gasteiger partial charge on any atom is -0.478 e. The van der Waals surface area contributed by atoms with Crippen LogP contribution in [0.4, 0.5) is 17.6 Å². The first-order chi connectivity index (χ1) is 10.9. The van der Waals surface area contributed by atoms with E-state index in [1.165, 1.54) is 25.1 Å². The molecule has 1 aromatic carbocycles. The van der Waals surface area contributed by atoms with Gasteiger partial charge in [-0.25, -0.2) is 4.39 Å². The summed E-state index contributed by atoms with van der Waals surface area (Å²) < 4.78 is 55.7. The number of hydrogen-bond donors (Lipinski definition) is 3. The Labute approximate surface area is 134 Å². The highest BCUT2D eigenvalue weighted by Gasteiger charge is 2.51. The normalized spacial score (nSPS) is 15.1. The molecular weight excluding hydrogens is 336 g/mol. The zero-order chi connectivity index (χ0) is 18.5. The van der Waals surface area contributed by atoms with Crippen LogP contribution < -0.4 is 15.6 Å². The van der Waals surface area contributed by atoms with Crippen LogP contribution in [0.3, 0.4) is 0 Å². The van der Waals surface area contributed by atoms with Gasteiger partial charge in [0.2, 0.25) is 5.91 Å². The summed E-state index contributed by atoms with van der Waals surface area (Å²) in [6, 6.07) is 5.28. The van der Waals surface area contributed by atoms with Crippen LogP contribution in [0.25, 0.3) is 0 Å². The van der Waals surface area contributed by atoms with Gasteiger partial charge in [-0.1, -0.05) is 12.1 Å². The lowest BCUT2D eigenvalue weighted by Gasteiger charge is -2.25. The van der Waals surface area contributed by atoms with Crippen molar-refractivity contribution >= 4 is 11.8 Å². The Bertz CT molecular complexity index is 605. The molecule has 0 aliphatic carbocycles. The number of carbonyl (C=O) groups excluding carboxylic acids is 2. The van der Waals surface area contributed by atoms with E-state index in [1.54, 1.807) is 5.43 Å². The van der Waals surface area contributed by atoms with Crippen molar-refractivity contribution < 1.29 is 37.0 Å². The largest absolute Gasteiger partial charge is 0.478 e. The first kappa shape index (κ1) is 19.7. The van der Waals surface area contributed by atoms with Crippen molar-refractivity contribution in [2.75, 3.05) is 0 Å². The number of carbonyl (C=O) groups is 2. The highest BCUT2D eigenvalue weighted by molar-refractivity contribution is 5.84. The molecule has 10 heteroatoms. The molecule has 2 atom stereocenters. The maximum Gasteiger partial charge on any atom is 0.417 e. The molecule has 0 saturated carbocycles. The zero-order valence-electron chi connectivity index (χ0n) is 12.8. The van der Waals surface area contributed by atoms with E-state index in [4.69, 9.17) is 9.84 Å². The predicted octanol–water partition coefficient (Wildman–Crippen LogP) is 1.44. The van der Waals surface area contributed by atoms with Crippen molar-refractivity contribution in [1.29, 1.82) is 0 Å². The van der Waals surface area contributed by atoms with Gasteiger partial charge in [-0.2, -0.15) is 13.2 Å². The number of aliphatic hydroxyl groups is 1. The fraction of sp³-hybridized carbons (Fsp3) is 0.429. The highest BCUT2D eigenvalue weighted by Crippen LogP contribution is 2.32.